The molecule has 1 aliphatic heterocycles. The molecule has 0 radical (unpaired) electrons. The fourth-order valence-corrected chi connectivity index (χ4v) is 4.67. The Balaban J connectivity index is 1.42. The number of likely N-dealkylation sites (tertiary alicyclic amines) is 1. The number of halogens is 2. The van der Waals surface area contributed by atoms with Gasteiger partial charge in [-0.15, -0.1) is 0 Å². The lowest BCUT2D eigenvalue weighted by Gasteiger charge is -2.21. The molecule has 1 aromatic heterocycles. The molecule has 4 rings (SSSR count). The average Bonchev–Trinajstić information content (AvgIpc) is 3.68. The largest absolute Gasteiger partial charge is 0.489 e. The van der Waals surface area contributed by atoms with Crippen LogP contribution >= 0.6 is 0 Å². The van der Waals surface area contributed by atoms with Gasteiger partial charge in [-0.05, 0) is 55.0 Å². The molecular formula is C29H35F2N3O7. The van der Waals surface area contributed by atoms with Gasteiger partial charge in [0.2, 0.25) is 5.91 Å². The Kier molecular flexibility index (Phi) is 10.1. The number of hydrogen-bond acceptors (Lipinski definition) is 8. The van der Waals surface area contributed by atoms with Crippen LogP contribution in [0.1, 0.15) is 53.8 Å². The summed E-state index contributed by atoms with van der Waals surface area (Å²) >= 11 is 0. The van der Waals surface area contributed by atoms with E-state index < -0.39 is 18.6 Å². The van der Waals surface area contributed by atoms with E-state index in [2.05, 4.69) is 9.72 Å². The average molecular weight is 576 g/mol. The van der Waals surface area contributed by atoms with Crippen molar-refractivity contribution >= 4 is 17.8 Å². The zero-order valence-electron chi connectivity index (χ0n) is 23.4. The smallest absolute Gasteiger partial charge is 0.387 e. The number of esters is 1. The van der Waals surface area contributed by atoms with Crippen LogP contribution in [0.2, 0.25) is 0 Å². The third-order valence-electron chi connectivity index (χ3n) is 7.17. The van der Waals surface area contributed by atoms with Crippen molar-refractivity contribution in [3.05, 3.63) is 53.3 Å². The molecule has 41 heavy (non-hydrogen) atoms. The Morgan fingerprint density at radius 1 is 1.15 bits per heavy atom. The highest BCUT2D eigenvalue weighted by atomic mass is 19.3. The molecule has 222 valence electrons. The molecule has 2 amide bonds. The molecule has 12 heteroatoms. The van der Waals surface area contributed by atoms with Crippen LogP contribution in [0.4, 0.5) is 8.78 Å². The van der Waals surface area contributed by atoms with Crippen LogP contribution in [0, 0.1) is 5.92 Å². The first-order chi connectivity index (χ1) is 19.7. The van der Waals surface area contributed by atoms with Gasteiger partial charge in [0.05, 0.1) is 18.9 Å². The molecule has 0 spiro atoms. The number of aromatic nitrogens is 1. The third kappa shape index (κ3) is 8.12. The lowest BCUT2D eigenvalue weighted by molar-refractivity contribution is -0.154. The Morgan fingerprint density at radius 3 is 2.61 bits per heavy atom. The molecule has 1 aromatic carbocycles. The van der Waals surface area contributed by atoms with Gasteiger partial charge in [0, 0.05) is 40.1 Å². The van der Waals surface area contributed by atoms with E-state index in [-0.39, 0.29) is 54.5 Å². The van der Waals surface area contributed by atoms with Gasteiger partial charge in [-0.3, -0.25) is 9.59 Å². The highest BCUT2D eigenvalue weighted by Crippen LogP contribution is 2.39. The summed E-state index contributed by atoms with van der Waals surface area (Å²) < 4.78 is 46.8. The summed E-state index contributed by atoms with van der Waals surface area (Å²) in [6, 6.07) is 8.77. The molecule has 0 N–H and O–H groups in total. The molecule has 2 atom stereocenters. The molecule has 2 aromatic rings. The summed E-state index contributed by atoms with van der Waals surface area (Å²) in [5, 5.41) is 0. The highest BCUT2D eigenvalue weighted by molar-refractivity contribution is 5.92. The third-order valence-corrected chi connectivity index (χ3v) is 7.17. The van der Waals surface area contributed by atoms with Crippen molar-refractivity contribution in [3.63, 3.8) is 0 Å². The van der Waals surface area contributed by atoms with Crippen LogP contribution in [0.3, 0.4) is 0 Å². The van der Waals surface area contributed by atoms with E-state index in [1.54, 1.807) is 44.5 Å². The molecule has 2 heterocycles. The van der Waals surface area contributed by atoms with Crippen molar-refractivity contribution in [3.8, 4) is 11.5 Å². The predicted molar refractivity (Wildman–Crippen MR) is 143 cm³/mol. The van der Waals surface area contributed by atoms with Gasteiger partial charge in [0.1, 0.15) is 18.3 Å². The molecule has 2 aliphatic rings. The maximum Gasteiger partial charge on any atom is 0.387 e. The van der Waals surface area contributed by atoms with Gasteiger partial charge in [-0.2, -0.15) is 8.78 Å². The maximum absolute atomic E-state index is 13.1. The molecular weight excluding hydrogens is 540 g/mol. The second-order valence-electron chi connectivity index (χ2n) is 10.3. The first kappa shape index (κ1) is 30.2. The summed E-state index contributed by atoms with van der Waals surface area (Å²) in [7, 11) is 3.19. The van der Waals surface area contributed by atoms with Crippen LogP contribution in [0.15, 0.2) is 36.4 Å². The second-order valence-corrected chi connectivity index (χ2v) is 10.3. The van der Waals surface area contributed by atoms with Crippen molar-refractivity contribution in [1.29, 1.82) is 0 Å². The second kappa shape index (κ2) is 13.7. The summed E-state index contributed by atoms with van der Waals surface area (Å²) in [5.74, 6) is -0.863. The van der Waals surface area contributed by atoms with Gasteiger partial charge >= 0.3 is 12.6 Å². The summed E-state index contributed by atoms with van der Waals surface area (Å²) in [6.45, 7) is -0.342. The number of amides is 2. The molecule has 0 bridgehead atoms. The van der Waals surface area contributed by atoms with Crippen molar-refractivity contribution in [2.24, 2.45) is 5.92 Å². The fourth-order valence-electron chi connectivity index (χ4n) is 4.67. The number of hydrogen-bond donors (Lipinski definition) is 0. The Hall–Kier alpha value is -3.80. The van der Waals surface area contributed by atoms with Crippen LogP contribution in [-0.4, -0.2) is 85.7 Å². The summed E-state index contributed by atoms with van der Waals surface area (Å²) in [6.07, 6.45) is 2.35. The molecule has 10 nitrogen and oxygen atoms in total. The molecule has 1 unspecified atom stereocenters. The number of benzene rings is 1. The van der Waals surface area contributed by atoms with Crippen LogP contribution < -0.4 is 9.47 Å². The number of alkyl halides is 2. The number of nitrogens with zero attached hydrogens (tertiary/aromatic N) is 3. The topological polar surface area (TPSA) is 107 Å². The number of pyridine rings is 1. The molecule has 1 saturated heterocycles. The van der Waals surface area contributed by atoms with E-state index in [1.807, 2.05) is 0 Å². The first-order valence-corrected chi connectivity index (χ1v) is 13.5. The van der Waals surface area contributed by atoms with Crippen molar-refractivity contribution in [1.82, 2.24) is 14.8 Å². The lowest BCUT2D eigenvalue weighted by atomic mass is 9.96. The molecule has 1 saturated carbocycles. The standard InChI is InChI=1S/C29H35F2N3O7/c1-18(35)34-15-21(20-9-10-25(41-29(30)31)26(14-20)39-16-19-7-8-19)13-24(34)28(37)40-17-22-5-4-6-23(32-22)27(36)33(2)11-12-38-3/h4-6,9-10,14,19,21,24,29H,7-8,11-13,15-17H2,1-3H3/t21?,24-/m1/s1. The lowest BCUT2D eigenvalue weighted by Crippen LogP contribution is -2.40. The van der Waals surface area contributed by atoms with E-state index in [1.165, 1.54) is 22.8 Å². The SMILES string of the molecule is COCCN(C)C(=O)c1cccc(COC(=O)[C@H]2CC(c3ccc(OC(F)F)c(OCC4CC4)c3)CN2C(C)=O)n1. The van der Waals surface area contributed by atoms with Crippen LogP contribution in [-0.2, 0) is 25.7 Å². The molecule has 2 fully saturated rings. The van der Waals surface area contributed by atoms with Crippen molar-refractivity contribution in [2.45, 2.75) is 51.4 Å². The minimum atomic E-state index is -2.99. The fraction of sp³-hybridized carbons (Fsp3) is 0.517. The number of ether oxygens (including phenoxy) is 4. The summed E-state index contributed by atoms with van der Waals surface area (Å²) in [4.78, 5) is 45.4. The zero-order valence-corrected chi connectivity index (χ0v) is 23.4. The van der Waals surface area contributed by atoms with Crippen molar-refractivity contribution in [2.75, 3.05) is 40.5 Å². The first-order valence-electron chi connectivity index (χ1n) is 13.5. The number of methoxy groups -OCH3 is 1. The Bertz CT molecular complexity index is 1240. The predicted octanol–water partition coefficient (Wildman–Crippen LogP) is 3.64. The minimum Gasteiger partial charge on any atom is -0.489 e. The van der Waals surface area contributed by atoms with E-state index >= 15 is 0 Å². The quantitative estimate of drug-likeness (QED) is 0.333. The monoisotopic (exact) mass is 575 g/mol. The number of carbonyl (C=O) groups excluding carboxylic acids is 3. The van der Waals surface area contributed by atoms with Crippen LogP contribution in [0.25, 0.3) is 0 Å². The van der Waals surface area contributed by atoms with Gasteiger partial charge < -0.3 is 28.7 Å². The zero-order chi connectivity index (χ0) is 29.5. The molecule has 1 aliphatic carbocycles. The highest BCUT2D eigenvalue weighted by Gasteiger charge is 2.40. The van der Waals surface area contributed by atoms with Gasteiger partial charge in [-0.1, -0.05) is 12.1 Å². The normalized spacial score (nSPS) is 18.3. The van der Waals surface area contributed by atoms with Gasteiger partial charge in [0.25, 0.3) is 5.91 Å². The van der Waals surface area contributed by atoms with E-state index in [9.17, 15) is 23.2 Å². The van der Waals surface area contributed by atoms with Gasteiger partial charge in [0.15, 0.2) is 11.5 Å². The Labute approximate surface area is 237 Å². The van der Waals surface area contributed by atoms with Crippen molar-refractivity contribution < 1.29 is 42.1 Å². The number of likely N-dealkylation sites (N-methyl/N-ethyl adjacent to an activating group) is 1. The van der Waals surface area contributed by atoms with E-state index in [0.717, 1.165) is 18.4 Å². The summed E-state index contributed by atoms with van der Waals surface area (Å²) in [5.41, 5.74) is 1.34. The minimum absolute atomic E-state index is 0.0557. The van der Waals surface area contributed by atoms with Crippen LogP contribution in [0.5, 0.6) is 11.5 Å². The van der Waals surface area contributed by atoms with E-state index in [0.29, 0.717) is 31.4 Å². The Morgan fingerprint density at radius 2 is 1.93 bits per heavy atom. The van der Waals surface area contributed by atoms with E-state index in [4.69, 9.17) is 14.2 Å². The number of carbonyl (C=O) groups is 3. The maximum atomic E-state index is 13.1. The number of rotatable bonds is 13. The van der Waals surface area contributed by atoms with Gasteiger partial charge in [-0.25, -0.2) is 9.78 Å².